The second kappa shape index (κ2) is 21.2. The lowest BCUT2D eigenvalue weighted by molar-refractivity contribution is -0.574. The van der Waals surface area contributed by atoms with Crippen LogP contribution in [0.4, 0.5) is 11.4 Å². The van der Waals surface area contributed by atoms with Crippen LogP contribution in [0.1, 0.15) is 38.8 Å². The maximum absolute atomic E-state index is 8.92. The van der Waals surface area contributed by atoms with Crippen LogP contribution in [0.3, 0.4) is 0 Å². The van der Waals surface area contributed by atoms with Crippen LogP contribution in [0.15, 0.2) is 84.6 Å². The summed E-state index contributed by atoms with van der Waals surface area (Å²) in [4.78, 5) is 2.24. The molecule has 1 heterocycles. The van der Waals surface area contributed by atoms with Crippen LogP contribution >= 0.6 is 0 Å². The summed E-state index contributed by atoms with van der Waals surface area (Å²) in [5, 5.41) is 11.2. The van der Waals surface area contributed by atoms with E-state index in [4.69, 9.17) is 33.5 Å². The Kier molecular flexibility index (Phi) is 17.4. The summed E-state index contributed by atoms with van der Waals surface area (Å²) in [5.74, 6) is 0. The van der Waals surface area contributed by atoms with E-state index in [-0.39, 0.29) is 17.4 Å². The van der Waals surface area contributed by atoms with Gasteiger partial charge in [0.2, 0.25) is 0 Å². The largest absolute Gasteiger partial charge is 0.394 e. The van der Waals surface area contributed by atoms with Crippen LogP contribution in [0, 0.1) is 0 Å². The van der Waals surface area contributed by atoms with Gasteiger partial charge in [-0.25, -0.2) is 0 Å². The number of fused-ring (bicyclic) bond motifs is 1. The van der Waals surface area contributed by atoms with Gasteiger partial charge in [-0.05, 0) is 23.8 Å². The van der Waals surface area contributed by atoms with Crippen LogP contribution in [-0.2, 0) is 39.3 Å². The van der Waals surface area contributed by atoms with Gasteiger partial charge in [0.25, 0.3) is 0 Å². The van der Waals surface area contributed by atoms with Crippen molar-refractivity contribution in [3.63, 3.8) is 0 Å². The highest BCUT2D eigenvalue weighted by Crippen LogP contribution is 2.47. The molecule has 1 aliphatic heterocycles. The number of methoxy groups -OCH3 is 1. The van der Waals surface area contributed by atoms with E-state index in [2.05, 4.69) is 117 Å². The number of hydrogen-bond donors (Lipinski definition) is 2. The molecule has 0 aliphatic carbocycles. The first-order valence-electron chi connectivity index (χ1n) is 16.7. The molecule has 0 unspecified atom stereocenters. The number of anilines is 1. The maximum atomic E-state index is 8.92. The number of benzene rings is 2. The van der Waals surface area contributed by atoms with Gasteiger partial charge in [-0.2, -0.15) is 0 Å². The summed E-state index contributed by atoms with van der Waals surface area (Å²) < 4.78 is 33.0. The number of nitrogens with zero attached hydrogens (tertiary/aromatic N) is 1. The molecule has 9 heteroatoms. The number of aliphatic hydroxyl groups is 1. The SMILES string of the molecule is COCCOCCOCCOCC[NH2+]c1ccccc1C(C)(C)/C=C/C=C/C=C1/N(COCCOCCO)c2ccccc2C1(C)C. The van der Waals surface area contributed by atoms with Crippen molar-refractivity contribution in [2.45, 2.75) is 38.5 Å². The number of quaternary nitrogens is 1. The molecular formula is C38H57N2O7+. The molecule has 1 aliphatic rings. The van der Waals surface area contributed by atoms with Gasteiger partial charge in [0, 0.05) is 34.9 Å². The highest BCUT2D eigenvalue weighted by Gasteiger charge is 2.39. The van der Waals surface area contributed by atoms with Crippen molar-refractivity contribution in [3.8, 4) is 0 Å². The van der Waals surface area contributed by atoms with Crippen LogP contribution in [-0.4, -0.2) is 98.2 Å². The highest BCUT2D eigenvalue weighted by atomic mass is 16.6. The standard InChI is InChI=1S/C38H56N2O7/c1-37(2,32-13-8-10-15-34(32)39-19-21-43-25-26-46-28-27-45-24-23-42-5)18-12-6-7-17-36-38(3,4)33-14-9-11-16-35(33)40(36)31-47-30-29-44-22-20-41/h6-18,39,41H,19-31H2,1-5H3/p+1/b7-6+,18-12+,36-17+. The molecule has 9 nitrogen and oxygen atoms in total. The predicted molar refractivity (Wildman–Crippen MR) is 187 cm³/mol. The maximum Gasteiger partial charge on any atom is 0.133 e. The van der Waals surface area contributed by atoms with Gasteiger partial charge in [-0.15, -0.1) is 0 Å². The Balaban J connectivity index is 1.52. The molecule has 0 saturated heterocycles. The lowest BCUT2D eigenvalue weighted by atomic mass is 9.83. The summed E-state index contributed by atoms with van der Waals surface area (Å²) in [6.45, 7) is 15.6. The van der Waals surface area contributed by atoms with Crippen molar-refractivity contribution in [1.29, 1.82) is 0 Å². The number of hydrogen-bond acceptors (Lipinski definition) is 8. The zero-order chi connectivity index (χ0) is 33.8. The molecule has 260 valence electrons. The van der Waals surface area contributed by atoms with E-state index in [1.807, 2.05) is 0 Å². The van der Waals surface area contributed by atoms with Gasteiger partial charge in [0.15, 0.2) is 0 Å². The first-order chi connectivity index (χ1) is 22.8. The van der Waals surface area contributed by atoms with Crippen LogP contribution in [0.2, 0.25) is 0 Å². The molecule has 0 spiro atoms. The Morgan fingerprint density at radius 2 is 1.36 bits per heavy atom. The lowest BCUT2D eigenvalue weighted by Gasteiger charge is -2.26. The predicted octanol–water partition coefficient (Wildman–Crippen LogP) is 4.63. The second-order valence-corrected chi connectivity index (χ2v) is 12.4. The fourth-order valence-corrected chi connectivity index (χ4v) is 5.56. The van der Waals surface area contributed by atoms with Gasteiger partial charge in [-0.1, -0.05) is 88.4 Å². The minimum absolute atomic E-state index is 0.0178. The van der Waals surface area contributed by atoms with Crippen molar-refractivity contribution in [1.82, 2.24) is 0 Å². The van der Waals surface area contributed by atoms with E-state index in [9.17, 15) is 0 Å². The van der Waals surface area contributed by atoms with Crippen molar-refractivity contribution in [3.05, 3.63) is 95.7 Å². The third kappa shape index (κ3) is 12.6. The first-order valence-corrected chi connectivity index (χ1v) is 16.7. The third-order valence-electron chi connectivity index (χ3n) is 8.07. The van der Waals surface area contributed by atoms with Crippen molar-refractivity contribution >= 4 is 11.4 Å². The average molecular weight is 654 g/mol. The minimum Gasteiger partial charge on any atom is -0.394 e. The summed E-state index contributed by atoms with van der Waals surface area (Å²) in [7, 11) is 1.66. The third-order valence-corrected chi connectivity index (χ3v) is 8.07. The van der Waals surface area contributed by atoms with Gasteiger partial charge in [0.05, 0.1) is 72.7 Å². The number of rotatable bonds is 24. The number of aliphatic hydroxyl groups excluding tert-OH is 1. The number of para-hydroxylation sites is 2. The fraction of sp³-hybridized carbons (Fsp3) is 0.526. The normalized spacial score (nSPS) is 15.4. The highest BCUT2D eigenvalue weighted by molar-refractivity contribution is 5.70. The summed E-state index contributed by atoms with van der Waals surface area (Å²) in [5.41, 5.74) is 5.80. The Morgan fingerprint density at radius 3 is 2.09 bits per heavy atom. The van der Waals surface area contributed by atoms with Gasteiger partial charge >= 0.3 is 0 Å². The van der Waals surface area contributed by atoms with Gasteiger partial charge < -0.3 is 43.7 Å². The topological polar surface area (TPSA) is 95.5 Å². The molecule has 47 heavy (non-hydrogen) atoms. The first kappa shape index (κ1) is 38.6. The van der Waals surface area contributed by atoms with E-state index in [0.29, 0.717) is 72.8 Å². The lowest BCUT2D eigenvalue weighted by Crippen LogP contribution is -2.79. The summed E-state index contributed by atoms with van der Waals surface area (Å²) in [6, 6.07) is 17.1. The number of nitrogens with two attached hydrogens (primary N) is 1. The van der Waals surface area contributed by atoms with E-state index in [1.165, 1.54) is 22.5 Å². The quantitative estimate of drug-likeness (QED) is 0.0963. The van der Waals surface area contributed by atoms with Crippen LogP contribution in [0.25, 0.3) is 0 Å². The molecule has 0 amide bonds. The van der Waals surface area contributed by atoms with Crippen molar-refractivity contribution in [2.24, 2.45) is 0 Å². The zero-order valence-electron chi connectivity index (χ0n) is 29.1. The van der Waals surface area contributed by atoms with Crippen molar-refractivity contribution in [2.75, 3.05) is 98.0 Å². The molecular weight excluding hydrogens is 596 g/mol. The summed E-state index contributed by atoms with van der Waals surface area (Å²) in [6.07, 6.45) is 10.8. The molecule has 2 aromatic carbocycles. The average Bonchev–Trinajstić information content (AvgIpc) is 3.28. The van der Waals surface area contributed by atoms with E-state index in [0.717, 1.165) is 12.2 Å². The molecule has 0 fully saturated rings. The minimum atomic E-state index is -0.161. The van der Waals surface area contributed by atoms with Gasteiger partial charge in [-0.3, -0.25) is 0 Å². The Hall–Kier alpha value is -2.86. The van der Waals surface area contributed by atoms with E-state index < -0.39 is 0 Å². The Bertz CT molecular complexity index is 1260. The molecule has 0 bridgehead atoms. The molecule has 0 saturated carbocycles. The molecule has 0 aromatic heterocycles. The fourth-order valence-electron chi connectivity index (χ4n) is 5.56. The molecule has 0 radical (unpaired) electrons. The Morgan fingerprint density at radius 1 is 0.745 bits per heavy atom. The monoisotopic (exact) mass is 653 g/mol. The molecule has 3 rings (SSSR count). The Labute approximate surface area is 282 Å². The van der Waals surface area contributed by atoms with Crippen molar-refractivity contribution < 1.29 is 38.8 Å². The van der Waals surface area contributed by atoms with E-state index >= 15 is 0 Å². The number of allylic oxidation sites excluding steroid dienone is 6. The smallest absolute Gasteiger partial charge is 0.133 e. The number of ether oxygens (including phenoxy) is 6. The molecule has 2 aromatic rings. The van der Waals surface area contributed by atoms with Gasteiger partial charge in [0.1, 0.15) is 19.0 Å². The van der Waals surface area contributed by atoms with Crippen LogP contribution in [0.5, 0.6) is 0 Å². The van der Waals surface area contributed by atoms with Crippen LogP contribution < -0.4 is 10.2 Å². The molecule has 0 atom stereocenters. The zero-order valence-corrected chi connectivity index (χ0v) is 29.1. The second-order valence-electron chi connectivity index (χ2n) is 12.4. The van der Waals surface area contributed by atoms with E-state index in [1.54, 1.807) is 7.11 Å². The summed E-state index contributed by atoms with van der Waals surface area (Å²) >= 11 is 0. The molecule has 3 N–H and O–H groups in total.